The first kappa shape index (κ1) is 17.6. The van der Waals surface area contributed by atoms with Crippen molar-refractivity contribution in [1.29, 1.82) is 0 Å². The lowest BCUT2D eigenvalue weighted by molar-refractivity contribution is 0.254. The molecule has 2 aliphatic rings. The monoisotopic (exact) mass is 380 g/mol. The maximum Gasteiger partial charge on any atom is 0.165 e. The van der Waals surface area contributed by atoms with Crippen LogP contribution >= 0.6 is 0 Å². The second kappa shape index (κ2) is 7.14. The highest BCUT2D eigenvalue weighted by Crippen LogP contribution is 2.29. The molecule has 28 heavy (non-hydrogen) atoms. The van der Waals surface area contributed by atoms with E-state index in [1.165, 1.54) is 0 Å². The van der Waals surface area contributed by atoms with Crippen LogP contribution in [0, 0.1) is 11.7 Å². The zero-order chi connectivity index (χ0) is 19.1. The van der Waals surface area contributed by atoms with Crippen molar-refractivity contribution in [2.75, 3.05) is 38.0 Å². The third-order valence-electron chi connectivity index (χ3n) is 5.75. The van der Waals surface area contributed by atoms with Gasteiger partial charge in [-0.15, -0.1) is 0 Å². The minimum atomic E-state index is -0.236. The highest BCUT2D eigenvalue weighted by Gasteiger charge is 2.23. The Morgan fingerprint density at radius 2 is 2.11 bits per heavy atom. The number of hydrogen-bond donors (Lipinski definition) is 2. The quantitative estimate of drug-likeness (QED) is 0.627. The van der Waals surface area contributed by atoms with Gasteiger partial charge in [-0.25, -0.2) is 13.9 Å². The van der Waals surface area contributed by atoms with Gasteiger partial charge in [0.05, 0.1) is 6.20 Å². The minimum Gasteiger partial charge on any atom is -0.369 e. The number of hydrogen-bond acceptors (Lipinski definition) is 5. The standard InChI is InChI=1S/C21H25FN6/c1-14-12-27-7-5-23-20-4-6-28-21(26-20)18(11-25-28)17-9-15(2-3-19(17)22)8-16(13-27)10-24-14/h2-4,6,9,11,14,16,24H,5,7-8,10,12-13H2,1H3,(H,23,26)/t14-,16+/m0/s1. The Hall–Kier alpha value is -2.51. The van der Waals surface area contributed by atoms with E-state index in [1.807, 2.05) is 24.4 Å². The first-order valence-electron chi connectivity index (χ1n) is 9.98. The van der Waals surface area contributed by atoms with Gasteiger partial charge in [-0.05, 0) is 49.6 Å². The summed E-state index contributed by atoms with van der Waals surface area (Å²) >= 11 is 0. The second-order valence-electron chi connectivity index (χ2n) is 8.02. The number of benzene rings is 1. The molecule has 3 aromatic rings. The van der Waals surface area contributed by atoms with E-state index in [9.17, 15) is 4.39 Å². The molecule has 4 heterocycles. The first-order chi connectivity index (χ1) is 13.7. The van der Waals surface area contributed by atoms with Gasteiger partial charge in [0.2, 0.25) is 0 Å². The number of nitrogens with one attached hydrogen (secondary N) is 2. The molecule has 7 heteroatoms. The van der Waals surface area contributed by atoms with E-state index in [4.69, 9.17) is 4.98 Å². The zero-order valence-electron chi connectivity index (χ0n) is 16.0. The van der Waals surface area contributed by atoms with E-state index in [2.05, 4.69) is 27.6 Å². The number of fused-ring (bicyclic) bond motifs is 6. The Labute approximate surface area is 163 Å². The number of halogens is 1. The average molecular weight is 380 g/mol. The molecule has 1 fully saturated rings. The zero-order valence-corrected chi connectivity index (χ0v) is 16.0. The van der Waals surface area contributed by atoms with Gasteiger partial charge in [0, 0.05) is 49.5 Å². The van der Waals surface area contributed by atoms with E-state index < -0.39 is 0 Å². The van der Waals surface area contributed by atoms with Crippen molar-refractivity contribution < 1.29 is 4.39 Å². The Kier molecular flexibility index (Phi) is 4.49. The maximum absolute atomic E-state index is 14.7. The van der Waals surface area contributed by atoms with Crippen LogP contribution in [-0.4, -0.2) is 58.3 Å². The van der Waals surface area contributed by atoms with E-state index in [0.717, 1.165) is 56.1 Å². The highest BCUT2D eigenvalue weighted by atomic mass is 19.1. The summed E-state index contributed by atoms with van der Waals surface area (Å²) in [6, 6.07) is 7.84. The molecule has 2 N–H and O–H groups in total. The molecule has 2 aromatic heterocycles. The van der Waals surface area contributed by atoms with Gasteiger partial charge in [-0.1, -0.05) is 6.07 Å². The summed E-state index contributed by atoms with van der Waals surface area (Å²) in [5, 5.41) is 11.4. The van der Waals surface area contributed by atoms with Gasteiger partial charge >= 0.3 is 0 Å². The molecule has 0 radical (unpaired) electrons. The molecule has 1 aromatic carbocycles. The van der Waals surface area contributed by atoms with Crippen molar-refractivity contribution in [3.63, 3.8) is 0 Å². The van der Waals surface area contributed by atoms with Crippen LogP contribution in [0.1, 0.15) is 12.5 Å². The molecule has 0 saturated carbocycles. The van der Waals surface area contributed by atoms with Gasteiger partial charge in [-0.2, -0.15) is 5.10 Å². The lowest BCUT2D eigenvalue weighted by Crippen LogP contribution is -2.37. The Bertz CT molecular complexity index is 1000. The van der Waals surface area contributed by atoms with Gasteiger partial charge in [-0.3, -0.25) is 4.90 Å². The van der Waals surface area contributed by atoms with Crippen molar-refractivity contribution in [2.45, 2.75) is 19.4 Å². The van der Waals surface area contributed by atoms with Crippen LogP contribution < -0.4 is 10.6 Å². The van der Waals surface area contributed by atoms with Crippen molar-refractivity contribution >= 4 is 11.5 Å². The number of aromatic nitrogens is 3. The first-order valence-corrected chi connectivity index (χ1v) is 9.98. The highest BCUT2D eigenvalue weighted by molar-refractivity contribution is 5.78. The number of nitrogens with zero attached hydrogens (tertiary/aromatic N) is 4. The lowest BCUT2D eigenvalue weighted by atomic mass is 9.96. The normalized spacial score (nSPS) is 25.1. The number of anilines is 1. The van der Waals surface area contributed by atoms with E-state index in [1.54, 1.807) is 16.8 Å². The molecule has 0 spiro atoms. The molecule has 6 nitrogen and oxygen atoms in total. The number of rotatable bonds is 0. The molecule has 1 saturated heterocycles. The minimum absolute atomic E-state index is 0.236. The summed E-state index contributed by atoms with van der Waals surface area (Å²) in [4.78, 5) is 7.22. The van der Waals surface area contributed by atoms with Crippen molar-refractivity contribution in [2.24, 2.45) is 5.92 Å². The fourth-order valence-electron chi connectivity index (χ4n) is 4.38. The third-order valence-corrected chi connectivity index (χ3v) is 5.75. The van der Waals surface area contributed by atoms with E-state index in [0.29, 0.717) is 23.2 Å². The third kappa shape index (κ3) is 3.36. The molecule has 1 unspecified atom stereocenters. The summed E-state index contributed by atoms with van der Waals surface area (Å²) in [6.45, 7) is 7.09. The molecule has 6 bridgehead atoms. The summed E-state index contributed by atoms with van der Waals surface area (Å²) in [7, 11) is 0. The second-order valence-corrected chi connectivity index (χ2v) is 8.02. The fourth-order valence-corrected chi connectivity index (χ4v) is 4.38. The van der Waals surface area contributed by atoms with Crippen molar-refractivity contribution in [3.8, 4) is 11.1 Å². The van der Waals surface area contributed by atoms with Gasteiger partial charge in [0.15, 0.2) is 5.65 Å². The van der Waals surface area contributed by atoms with Crippen LogP contribution in [0.3, 0.4) is 0 Å². The smallest absolute Gasteiger partial charge is 0.165 e. The molecular formula is C21H25FN6. The summed E-state index contributed by atoms with van der Waals surface area (Å²) in [6.07, 6.45) is 4.50. The Morgan fingerprint density at radius 1 is 1.18 bits per heavy atom. The Balaban J connectivity index is 1.61. The molecule has 2 aliphatic heterocycles. The van der Waals surface area contributed by atoms with E-state index >= 15 is 0 Å². The van der Waals surface area contributed by atoms with Gasteiger partial charge in [0.25, 0.3) is 0 Å². The summed E-state index contributed by atoms with van der Waals surface area (Å²) < 4.78 is 16.4. The molecule has 0 aliphatic carbocycles. The van der Waals surface area contributed by atoms with Crippen molar-refractivity contribution in [1.82, 2.24) is 24.8 Å². The topological polar surface area (TPSA) is 57.5 Å². The Morgan fingerprint density at radius 3 is 3.04 bits per heavy atom. The van der Waals surface area contributed by atoms with Gasteiger partial charge < -0.3 is 10.6 Å². The SMILES string of the molecule is C[C@H]1CN2CCNc3ccn4ncc(c4n3)-c3cc(ccc3F)C[C@H](CN1)C2. The van der Waals surface area contributed by atoms with Crippen LogP contribution in [0.4, 0.5) is 10.2 Å². The molecule has 146 valence electrons. The summed E-state index contributed by atoms with van der Waals surface area (Å²) in [5.74, 6) is 1.05. The summed E-state index contributed by atoms with van der Waals surface area (Å²) in [5.41, 5.74) is 3.13. The van der Waals surface area contributed by atoms with Crippen LogP contribution in [-0.2, 0) is 6.42 Å². The predicted molar refractivity (Wildman–Crippen MR) is 108 cm³/mol. The van der Waals surface area contributed by atoms with Crippen LogP contribution in [0.25, 0.3) is 16.8 Å². The van der Waals surface area contributed by atoms with Crippen LogP contribution in [0.5, 0.6) is 0 Å². The molecule has 5 rings (SSSR count). The molecule has 3 atom stereocenters. The van der Waals surface area contributed by atoms with Crippen molar-refractivity contribution in [3.05, 3.63) is 48.0 Å². The predicted octanol–water partition coefficient (Wildman–Crippen LogP) is 2.41. The largest absolute Gasteiger partial charge is 0.369 e. The fraction of sp³-hybridized carbons (Fsp3) is 0.429. The molecule has 0 amide bonds. The van der Waals surface area contributed by atoms with Crippen LogP contribution in [0.15, 0.2) is 36.7 Å². The van der Waals surface area contributed by atoms with Gasteiger partial charge in [0.1, 0.15) is 11.6 Å². The average Bonchev–Trinajstić information content (AvgIpc) is 3.01. The van der Waals surface area contributed by atoms with E-state index in [-0.39, 0.29) is 5.82 Å². The van der Waals surface area contributed by atoms with Crippen LogP contribution in [0.2, 0.25) is 0 Å². The molecular weight excluding hydrogens is 355 g/mol. The maximum atomic E-state index is 14.7. The lowest BCUT2D eigenvalue weighted by Gasteiger charge is -2.25.